The van der Waals surface area contributed by atoms with E-state index in [0.29, 0.717) is 12.0 Å². The van der Waals surface area contributed by atoms with Crippen LogP contribution in [0.15, 0.2) is 54.6 Å². The molecule has 0 bridgehead atoms. The summed E-state index contributed by atoms with van der Waals surface area (Å²) in [5.74, 6) is -1.03. The van der Waals surface area contributed by atoms with Gasteiger partial charge in [-0.25, -0.2) is 9.59 Å². The van der Waals surface area contributed by atoms with Crippen LogP contribution in [-0.4, -0.2) is 30.4 Å². The second kappa shape index (κ2) is 6.79. The van der Waals surface area contributed by atoms with Crippen LogP contribution in [0.25, 0.3) is 0 Å². The summed E-state index contributed by atoms with van der Waals surface area (Å²) >= 11 is 0. The van der Waals surface area contributed by atoms with Crippen molar-refractivity contribution in [1.29, 1.82) is 0 Å². The molecule has 122 valence electrons. The highest BCUT2D eigenvalue weighted by Crippen LogP contribution is 2.41. The third-order valence-electron chi connectivity index (χ3n) is 3.42. The summed E-state index contributed by atoms with van der Waals surface area (Å²) in [5, 5.41) is 0. The third-order valence-corrected chi connectivity index (χ3v) is 3.42. The van der Waals surface area contributed by atoms with Crippen LogP contribution in [0.5, 0.6) is 0 Å². The molecule has 1 aromatic carbocycles. The van der Waals surface area contributed by atoms with Gasteiger partial charge in [0, 0.05) is 17.6 Å². The first-order valence-electron chi connectivity index (χ1n) is 7.25. The van der Waals surface area contributed by atoms with Gasteiger partial charge in [-0.05, 0) is 19.4 Å². The molecule has 0 aliphatic carbocycles. The van der Waals surface area contributed by atoms with Gasteiger partial charge in [0.05, 0.1) is 0 Å². The van der Waals surface area contributed by atoms with Gasteiger partial charge in [-0.2, -0.15) is 0 Å². The lowest BCUT2D eigenvalue weighted by molar-refractivity contribution is -0.143. The van der Waals surface area contributed by atoms with E-state index in [1.54, 1.807) is 13.8 Å². The fraction of sp³-hybridized carbons (Fsp3) is 0.333. The number of carbonyl (C=O) groups is 2. The Hall–Kier alpha value is -2.40. The van der Waals surface area contributed by atoms with Crippen LogP contribution in [0, 0.1) is 0 Å². The molecule has 5 heteroatoms. The van der Waals surface area contributed by atoms with Crippen molar-refractivity contribution in [2.24, 2.45) is 0 Å². The smallest absolute Gasteiger partial charge is 0.335 e. The van der Waals surface area contributed by atoms with Gasteiger partial charge in [0.1, 0.15) is 6.61 Å². The highest BCUT2D eigenvalue weighted by atomic mass is 16.8. The number of esters is 2. The Morgan fingerprint density at radius 3 is 2.30 bits per heavy atom. The molecule has 0 amide bonds. The second-order valence-corrected chi connectivity index (χ2v) is 5.72. The van der Waals surface area contributed by atoms with E-state index < -0.39 is 23.8 Å². The van der Waals surface area contributed by atoms with Crippen LogP contribution in [0.4, 0.5) is 0 Å². The average Bonchev–Trinajstić information content (AvgIpc) is 3.17. The molecule has 1 aromatic rings. The van der Waals surface area contributed by atoms with Crippen molar-refractivity contribution in [2.75, 3.05) is 6.61 Å². The lowest BCUT2D eigenvalue weighted by Gasteiger charge is -2.13. The summed E-state index contributed by atoms with van der Waals surface area (Å²) in [6, 6.07) is 9.58. The Bertz CT molecular complexity index is 634. The van der Waals surface area contributed by atoms with Crippen LogP contribution in [0.3, 0.4) is 0 Å². The number of rotatable bonds is 7. The Morgan fingerprint density at radius 2 is 1.74 bits per heavy atom. The highest BCUT2D eigenvalue weighted by Gasteiger charge is 2.60. The quantitative estimate of drug-likeness (QED) is 0.439. The number of ether oxygens (including phenoxy) is 3. The van der Waals surface area contributed by atoms with Crippen molar-refractivity contribution in [3.05, 3.63) is 60.2 Å². The van der Waals surface area contributed by atoms with Gasteiger partial charge < -0.3 is 14.2 Å². The third kappa shape index (κ3) is 4.29. The molecule has 1 saturated heterocycles. The molecule has 5 nitrogen and oxygen atoms in total. The molecule has 2 atom stereocenters. The van der Waals surface area contributed by atoms with Crippen LogP contribution in [0.1, 0.15) is 19.4 Å². The molecule has 1 aliphatic rings. The fourth-order valence-corrected chi connectivity index (χ4v) is 2.04. The minimum Gasteiger partial charge on any atom is -0.459 e. The number of hydrogen-bond acceptors (Lipinski definition) is 5. The molecular formula is C18H20O5. The van der Waals surface area contributed by atoms with E-state index in [2.05, 4.69) is 13.2 Å². The second-order valence-electron chi connectivity index (χ2n) is 5.72. The summed E-state index contributed by atoms with van der Waals surface area (Å²) in [6.45, 7) is 10.2. The predicted octanol–water partition coefficient (Wildman–Crippen LogP) is 2.56. The van der Waals surface area contributed by atoms with E-state index >= 15 is 0 Å². The SMILES string of the molecule is C=C(C)C(=O)OCC1(Cc2ccccc2)OC1OC(=O)C(=C)C. The van der Waals surface area contributed by atoms with Gasteiger partial charge in [-0.1, -0.05) is 43.5 Å². The van der Waals surface area contributed by atoms with E-state index in [9.17, 15) is 9.59 Å². The van der Waals surface area contributed by atoms with Crippen LogP contribution < -0.4 is 0 Å². The van der Waals surface area contributed by atoms with Crippen molar-refractivity contribution in [3.8, 4) is 0 Å². The Morgan fingerprint density at radius 1 is 1.13 bits per heavy atom. The molecule has 0 saturated carbocycles. The van der Waals surface area contributed by atoms with Gasteiger partial charge in [-0.3, -0.25) is 0 Å². The van der Waals surface area contributed by atoms with E-state index in [0.717, 1.165) is 5.56 Å². The summed E-state index contributed by atoms with van der Waals surface area (Å²) in [4.78, 5) is 23.3. The van der Waals surface area contributed by atoms with E-state index in [4.69, 9.17) is 14.2 Å². The first-order valence-corrected chi connectivity index (χ1v) is 7.25. The standard InChI is InChI=1S/C18H20O5/c1-12(2)15(19)21-11-18(10-14-8-6-5-7-9-14)17(23-18)22-16(20)13(3)4/h5-9,17H,1,3,10-11H2,2,4H3. The van der Waals surface area contributed by atoms with E-state index in [-0.39, 0.29) is 12.2 Å². The van der Waals surface area contributed by atoms with E-state index in [1.165, 1.54) is 0 Å². The summed E-state index contributed by atoms with van der Waals surface area (Å²) in [5.41, 5.74) is 0.717. The molecule has 1 heterocycles. The molecule has 0 aromatic heterocycles. The summed E-state index contributed by atoms with van der Waals surface area (Å²) < 4.78 is 16.0. The maximum Gasteiger partial charge on any atom is 0.335 e. The van der Waals surface area contributed by atoms with Crippen LogP contribution in [-0.2, 0) is 30.2 Å². The van der Waals surface area contributed by atoms with Crippen molar-refractivity contribution in [2.45, 2.75) is 32.2 Å². The Balaban J connectivity index is 2.07. The Kier molecular flexibility index (Phi) is 5.01. The molecule has 0 N–H and O–H groups in total. The van der Waals surface area contributed by atoms with Gasteiger partial charge in [-0.15, -0.1) is 0 Å². The number of epoxide rings is 1. The number of carbonyl (C=O) groups excluding carboxylic acids is 2. The normalized spacial score (nSPS) is 22.1. The van der Waals surface area contributed by atoms with Crippen molar-refractivity contribution in [1.82, 2.24) is 0 Å². The zero-order chi connectivity index (χ0) is 17.0. The van der Waals surface area contributed by atoms with Crippen molar-refractivity contribution >= 4 is 11.9 Å². The highest BCUT2D eigenvalue weighted by molar-refractivity contribution is 5.87. The molecule has 1 aliphatic heterocycles. The van der Waals surface area contributed by atoms with E-state index in [1.807, 2.05) is 30.3 Å². The minimum absolute atomic E-state index is 0.0122. The first-order chi connectivity index (χ1) is 10.8. The summed E-state index contributed by atoms with van der Waals surface area (Å²) in [7, 11) is 0. The van der Waals surface area contributed by atoms with Gasteiger partial charge in [0.15, 0.2) is 5.60 Å². The molecule has 0 radical (unpaired) electrons. The molecule has 0 spiro atoms. The molecule has 1 fully saturated rings. The first kappa shape index (κ1) is 17.0. The maximum atomic E-state index is 11.7. The molecule has 2 unspecified atom stereocenters. The largest absolute Gasteiger partial charge is 0.459 e. The zero-order valence-corrected chi connectivity index (χ0v) is 13.3. The van der Waals surface area contributed by atoms with Crippen LogP contribution in [0.2, 0.25) is 0 Å². The summed E-state index contributed by atoms with van der Waals surface area (Å²) in [6.07, 6.45) is -0.296. The number of benzene rings is 1. The molecule has 23 heavy (non-hydrogen) atoms. The topological polar surface area (TPSA) is 65.1 Å². The van der Waals surface area contributed by atoms with Crippen LogP contribution >= 0.6 is 0 Å². The molecule has 2 rings (SSSR count). The number of hydrogen-bond donors (Lipinski definition) is 0. The molecular weight excluding hydrogens is 296 g/mol. The fourth-order valence-electron chi connectivity index (χ4n) is 2.04. The zero-order valence-electron chi connectivity index (χ0n) is 13.3. The lowest BCUT2D eigenvalue weighted by Crippen LogP contribution is -2.29. The Labute approximate surface area is 135 Å². The van der Waals surface area contributed by atoms with Crippen molar-refractivity contribution in [3.63, 3.8) is 0 Å². The minimum atomic E-state index is -0.864. The van der Waals surface area contributed by atoms with Gasteiger partial charge >= 0.3 is 11.9 Å². The average molecular weight is 316 g/mol. The van der Waals surface area contributed by atoms with Crippen molar-refractivity contribution < 1.29 is 23.8 Å². The predicted molar refractivity (Wildman–Crippen MR) is 84.4 cm³/mol. The lowest BCUT2D eigenvalue weighted by atomic mass is 10.00. The van der Waals surface area contributed by atoms with Gasteiger partial charge in [0.2, 0.25) is 6.29 Å². The maximum absolute atomic E-state index is 11.7. The van der Waals surface area contributed by atoms with Gasteiger partial charge in [0.25, 0.3) is 0 Å². The monoisotopic (exact) mass is 316 g/mol.